The number of ether oxygens (including phenoxy) is 2. The molecule has 3 aliphatic carbocycles. The van der Waals surface area contributed by atoms with Crippen LogP contribution in [0.1, 0.15) is 109 Å². The number of methoxy groups -OCH3 is 1. The number of benzene rings is 1. The Labute approximate surface area is 241 Å². The van der Waals surface area contributed by atoms with Crippen LogP contribution in [0.3, 0.4) is 0 Å². The molecule has 2 heterocycles. The van der Waals surface area contributed by atoms with Gasteiger partial charge in [0.15, 0.2) is 11.5 Å². The summed E-state index contributed by atoms with van der Waals surface area (Å²) in [6.45, 7) is 7.50. The number of nitrogens with zero attached hydrogens (tertiary/aromatic N) is 2. The van der Waals surface area contributed by atoms with Gasteiger partial charge in [-0.25, -0.2) is 0 Å². The van der Waals surface area contributed by atoms with Crippen molar-refractivity contribution in [3.05, 3.63) is 23.3 Å². The van der Waals surface area contributed by atoms with Gasteiger partial charge in [0, 0.05) is 29.5 Å². The van der Waals surface area contributed by atoms with E-state index in [0.717, 1.165) is 56.1 Å². The third-order valence-electron chi connectivity index (χ3n) is 11.2. The zero-order valence-electron chi connectivity index (χ0n) is 25.3. The second-order valence-electron chi connectivity index (χ2n) is 13.8. The predicted molar refractivity (Wildman–Crippen MR) is 157 cm³/mol. The lowest BCUT2D eigenvalue weighted by molar-refractivity contribution is -0.146. The van der Waals surface area contributed by atoms with E-state index in [9.17, 15) is 9.59 Å². The summed E-state index contributed by atoms with van der Waals surface area (Å²) in [4.78, 5) is 30.8. The summed E-state index contributed by atoms with van der Waals surface area (Å²) in [7, 11) is 1.73. The largest absolute Gasteiger partial charge is 0.493 e. The Kier molecular flexibility index (Phi) is 7.93. The number of Topliss-reactive ketones (excluding diaryl/α,β-unsaturated/α-hetero) is 1. The molecule has 1 spiro atoms. The van der Waals surface area contributed by atoms with E-state index < -0.39 is 0 Å². The minimum absolute atomic E-state index is 0.0603. The number of ketones is 1. The highest BCUT2D eigenvalue weighted by Gasteiger charge is 2.66. The highest BCUT2D eigenvalue weighted by Crippen LogP contribution is 2.64. The normalized spacial score (nSPS) is 31.0. The molecule has 1 aromatic rings. The molecule has 0 aromatic heterocycles. The monoisotopic (exact) mass is 550 g/mol. The quantitative estimate of drug-likeness (QED) is 0.331. The molecule has 5 aliphatic rings. The number of piperidine rings is 1. The molecule has 40 heavy (non-hydrogen) atoms. The van der Waals surface area contributed by atoms with Crippen molar-refractivity contribution >= 4 is 11.7 Å². The first kappa shape index (κ1) is 28.1. The first-order valence-electron chi connectivity index (χ1n) is 16.3. The molecular formula is C34H50N2O4. The topological polar surface area (TPSA) is 59.1 Å². The second kappa shape index (κ2) is 11.3. The highest BCUT2D eigenvalue weighted by atomic mass is 16.5. The molecule has 1 amide bonds. The molecule has 0 N–H and O–H groups in total. The number of unbranched alkanes of at least 4 members (excludes halogenated alkanes) is 1. The van der Waals surface area contributed by atoms with E-state index >= 15 is 0 Å². The van der Waals surface area contributed by atoms with Gasteiger partial charge in [-0.15, -0.1) is 0 Å². The molecule has 5 atom stereocenters. The summed E-state index contributed by atoms with van der Waals surface area (Å²) < 4.78 is 12.8. The van der Waals surface area contributed by atoms with Crippen LogP contribution in [0.25, 0.3) is 0 Å². The van der Waals surface area contributed by atoms with E-state index in [1.54, 1.807) is 14.0 Å². The summed E-state index contributed by atoms with van der Waals surface area (Å²) in [5.41, 5.74) is 2.58. The molecule has 0 radical (unpaired) electrons. The number of carbonyl (C=O) groups excluding carboxylic acids is 2. The van der Waals surface area contributed by atoms with Gasteiger partial charge in [-0.3, -0.25) is 14.5 Å². The van der Waals surface area contributed by atoms with Crippen LogP contribution in [-0.2, 0) is 21.4 Å². The van der Waals surface area contributed by atoms with E-state index in [-0.39, 0.29) is 29.4 Å². The molecule has 1 aromatic carbocycles. The number of likely N-dealkylation sites (tertiary alicyclic amines) is 1. The van der Waals surface area contributed by atoms with Crippen molar-refractivity contribution in [1.29, 1.82) is 0 Å². The standard InChI is InChI=1S/C34H50N2O4/c1-22(2)36(30(38)13-9-8-12-24-10-6-5-7-11-24)27-16-15-26-28-20-25-14-17-29(39-4)32-31(25)34(26,33(27)40-32)18-19-35(28)21-23(3)37/h14,17,22,24,26-28,33H,5-13,15-16,18-21H2,1-4H3/t26-,27-,28+,33-,34-/m0/s1. The van der Waals surface area contributed by atoms with E-state index in [1.165, 1.54) is 56.1 Å². The molecule has 220 valence electrons. The lowest BCUT2D eigenvalue weighted by Gasteiger charge is -2.60. The Morgan fingerprint density at radius 2 is 1.93 bits per heavy atom. The predicted octanol–water partition coefficient (Wildman–Crippen LogP) is 6.07. The highest BCUT2D eigenvalue weighted by molar-refractivity contribution is 5.78. The van der Waals surface area contributed by atoms with Crippen molar-refractivity contribution in [1.82, 2.24) is 9.80 Å². The lowest BCUT2D eigenvalue weighted by Crippen LogP contribution is -2.70. The molecule has 2 aliphatic heterocycles. The van der Waals surface area contributed by atoms with Crippen LogP contribution in [0, 0.1) is 11.8 Å². The molecule has 6 nitrogen and oxygen atoms in total. The fraction of sp³-hybridized carbons (Fsp3) is 0.765. The van der Waals surface area contributed by atoms with Crippen LogP contribution in [0.15, 0.2) is 12.1 Å². The minimum Gasteiger partial charge on any atom is -0.493 e. The summed E-state index contributed by atoms with van der Waals surface area (Å²) in [6.07, 6.45) is 14.9. The number of rotatable bonds is 10. The summed E-state index contributed by atoms with van der Waals surface area (Å²) in [5, 5.41) is 0. The Balaban J connectivity index is 1.26. The van der Waals surface area contributed by atoms with Gasteiger partial charge in [-0.2, -0.15) is 0 Å². The van der Waals surface area contributed by atoms with Gasteiger partial charge in [-0.05, 0) is 82.9 Å². The van der Waals surface area contributed by atoms with Crippen LogP contribution in [0.2, 0.25) is 0 Å². The Bertz CT molecular complexity index is 1110. The smallest absolute Gasteiger partial charge is 0.223 e. The number of hydrogen-bond donors (Lipinski definition) is 0. The summed E-state index contributed by atoms with van der Waals surface area (Å²) in [5.74, 6) is 3.58. The van der Waals surface area contributed by atoms with Gasteiger partial charge in [0.2, 0.25) is 5.91 Å². The molecule has 3 fully saturated rings. The maximum Gasteiger partial charge on any atom is 0.223 e. The number of amides is 1. The Morgan fingerprint density at radius 1 is 1.12 bits per heavy atom. The van der Waals surface area contributed by atoms with E-state index in [1.807, 2.05) is 0 Å². The van der Waals surface area contributed by atoms with Crippen LogP contribution in [0.5, 0.6) is 11.5 Å². The minimum atomic E-state index is -0.118. The molecule has 1 saturated heterocycles. The van der Waals surface area contributed by atoms with Crippen molar-refractivity contribution in [3.63, 3.8) is 0 Å². The van der Waals surface area contributed by atoms with E-state index in [0.29, 0.717) is 30.8 Å². The van der Waals surface area contributed by atoms with Crippen molar-refractivity contribution in [2.24, 2.45) is 11.8 Å². The van der Waals surface area contributed by atoms with Gasteiger partial charge >= 0.3 is 0 Å². The zero-order valence-corrected chi connectivity index (χ0v) is 25.3. The zero-order chi connectivity index (χ0) is 28.0. The van der Waals surface area contributed by atoms with Gasteiger partial charge in [0.05, 0.1) is 19.7 Å². The molecule has 6 rings (SSSR count). The average Bonchev–Trinajstić information content (AvgIpc) is 3.28. The van der Waals surface area contributed by atoms with Crippen molar-refractivity contribution in [2.45, 2.75) is 134 Å². The summed E-state index contributed by atoms with van der Waals surface area (Å²) >= 11 is 0. The first-order valence-corrected chi connectivity index (χ1v) is 16.3. The van der Waals surface area contributed by atoms with Crippen molar-refractivity contribution in [3.8, 4) is 11.5 Å². The van der Waals surface area contributed by atoms with Crippen molar-refractivity contribution in [2.75, 3.05) is 20.2 Å². The molecule has 0 unspecified atom stereocenters. The van der Waals surface area contributed by atoms with Gasteiger partial charge < -0.3 is 14.4 Å². The SMILES string of the molecule is COc1ccc2c3c1O[C@H]1[C@@H](N(C(=O)CCCCC4CCCCC4)C(C)C)CC[C@H]4[C@@H](C2)N(CC(C)=O)CC[C@@]341. The first-order chi connectivity index (χ1) is 19.3. The molecule has 2 bridgehead atoms. The van der Waals surface area contributed by atoms with Crippen LogP contribution in [0.4, 0.5) is 0 Å². The third-order valence-corrected chi connectivity index (χ3v) is 11.2. The Hall–Kier alpha value is -2.08. The average molecular weight is 551 g/mol. The molecule has 6 heteroatoms. The maximum atomic E-state index is 13.9. The second-order valence-corrected chi connectivity index (χ2v) is 13.8. The van der Waals surface area contributed by atoms with Crippen LogP contribution < -0.4 is 9.47 Å². The fourth-order valence-corrected chi connectivity index (χ4v) is 9.69. The molecule has 2 saturated carbocycles. The van der Waals surface area contributed by atoms with Crippen LogP contribution in [-0.4, -0.2) is 65.9 Å². The van der Waals surface area contributed by atoms with Gasteiger partial charge in [0.1, 0.15) is 11.9 Å². The van der Waals surface area contributed by atoms with Crippen LogP contribution >= 0.6 is 0 Å². The lowest BCUT2D eigenvalue weighted by atomic mass is 9.51. The number of hydrogen-bond acceptors (Lipinski definition) is 5. The molecular weight excluding hydrogens is 500 g/mol. The fourth-order valence-electron chi connectivity index (χ4n) is 9.69. The Morgan fingerprint density at radius 3 is 2.65 bits per heavy atom. The third kappa shape index (κ3) is 4.66. The van der Waals surface area contributed by atoms with Crippen molar-refractivity contribution < 1.29 is 19.1 Å². The van der Waals surface area contributed by atoms with Gasteiger partial charge in [0.25, 0.3) is 0 Å². The van der Waals surface area contributed by atoms with Gasteiger partial charge in [-0.1, -0.05) is 51.0 Å². The van der Waals surface area contributed by atoms with E-state index in [2.05, 4.69) is 35.8 Å². The summed E-state index contributed by atoms with van der Waals surface area (Å²) in [6, 6.07) is 4.83. The maximum absolute atomic E-state index is 13.9. The van der Waals surface area contributed by atoms with E-state index in [4.69, 9.17) is 9.47 Å². The number of carbonyl (C=O) groups is 2.